The summed E-state index contributed by atoms with van der Waals surface area (Å²) in [5, 5.41) is 10.7. The SMILES string of the molecule is Cc1cccc(C)c1CCc1cccc(C(O)CCC2=NC(C)(C)CC2)c1. The summed E-state index contributed by atoms with van der Waals surface area (Å²) >= 11 is 0. The van der Waals surface area contributed by atoms with Crippen LogP contribution in [0.1, 0.15) is 73.5 Å². The van der Waals surface area contributed by atoms with E-state index in [9.17, 15) is 5.11 Å². The topological polar surface area (TPSA) is 32.6 Å². The average molecular weight is 364 g/mol. The van der Waals surface area contributed by atoms with Crippen LogP contribution in [0.25, 0.3) is 0 Å². The fraction of sp³-hybridized carbons (Fsp3) is 0.480. The Morgan fingerprint density at radius 1 is 1.00 bits per heavy atom. The summed E-state index contributed by atoms with van der Waals surface area (Å²) < 4.78 is 0. The Kier molecular flexibility index (Phi) is 6.16. The molecule has 1 heterocycles. The molecular formula is C25H33NO. The minimum absolute atomic E-state index is 0.0912. The lowest BCUT2D eigenvalue weighted by Crippen LogP contribution is -2.10. The normalized spacial score (nSPS) is 17.0. The van der Waals surface area contributed by atoms with Crippen LogP contribution in [0, 0.1) is 13.8 Å². The van der Waals surface area contributed by atoms with Crippen LogP contribution < -0.4 is 0 Å². The predicted octanol–water partition coefficient (Wildman–Crippen LogP) is 5.92. The predicted molar refractivity (Wildman–Crippen MR) is 115 cm³/mol. The molecule has 1 unspecified atom stereocenters. The van der Waals surface area contributed by atoms with Gasteiger partial charge < -0.3 is 5.11 Å². The van der Waals surface area contributed by atoms with E-state index in [4.69, 9.17) is 4.99 Å². The zero-order valence-corrected chi connectivity index (χ0v) is 17.3. The largest absolute Gasteiger partial charge is 0.388 e. The molecule has 2 nitrogen and oxygen atoms in total. The first-order valence-electron chi connectivity index (χ1n) is 10.2. The molecule has 1 aliphatic rings. The van der Waals surface area contributed by atoms with Crippen molar-refractivity contribution in [3.05, 3.63) is 70.3 Å². The third-order valence-electron chi connectivity index (χ3n) is 5.84. The Hall–Kier alpha value is -1.93. The van der Waals surface area contributed by atoms with Gasteiger partial charge in [0.05, 0.1) is 11.6 Å². The molecule has 0 fully saturated rings. The maximum atomic E-state index is 10.7. The highest BCUT2D eigenvalue weighted by molar-refractivity contribution is 5.86. The lowest BCUT2D eigenvalue weighted by molar-refractivity contribution is 0.170. The van der Waals surface area contributed by atoms with Crippen molar-refractivity contribution >= 4 is 5.71 Å². The fourth-order valence-corrected chi connectivity index (χ4v) is 4.11. The van der Waals surface area contributed by atoms with Gasteiger partial charge in [0.1, 0.15) is 0 Å². The van der Waals surface area contributed by atoms with Gasteiger partial charge >= 0.3 is 0 Å². The van der Waals surface area contributed by atoms with Crippen molar-refractivity contribution in [1.29, 1.82) is 0 Å². The van der Waals surface area contributed by atoms with E-state index in [1.54, 1.807) is 0 Å². The Labute approximate surface area is 164 Å². The molecule has 0 saturated carbocycles. The highest BCUT2D eigenvalue weighted by Gasteiger charge is 2.24. The van der Waals surface area contributed by atoms with Gasteiger partial charge in [-0.15, -0.1) is 0 Å². The van der Waals surface area contributed by atoms with E-state index in [-0.39, 0.29) is 5.54 Å². The molecule has 2 heteroatoms. The van der Waals surface area contributed by atoms with Crippen molar-refractivity contribution in [3.63, 3.8) is 0 Å². The van der Waals surface area contributed by atoms with Crippen molar-refractivity contribution < 1.29 is 5.11 Å². The van der Waals surface area contributed by atoms with Crippen molar-refractivity contribution in [2.45, 2.75) is 77.9 Å². The number of hydrogen-bond donors (Lipinski definition) is 1. The zero-order chi connectivity index (χ0) is 19.4. The number of hydrogen-bond acceptors (Lipinski definition) is 2. The molecule has 0 aliphatic carbocycles. The highest BCUT2D eigenvalue weighted by Crippen LogP contribution is 2.28. The van der Waals surface area contributed by atoms with Crippen LogP contribution in [0.15, 0.2) is 47.5 Å². The molecule has 0 radical (unpaired) electrons. The molecule has 144 valence electrons. The van der Waals surface area contributed by atoms with Gasteiger partial charge in [-0.3, -0.25) is 4.99 Å². The molecular weight excluding hydrogens is 330 g/mol. The highest BCUT2D eigenvalue weighted by atomic mass is 16.3. The lowest BCUT2D eigenvalue weighted by atomic mass is 9.94. The minimum atomic E-state index is -0.406. The summed E-state index contributed by atoms with van der Waals surface area (Å²) in [5.74, 6) is 0. The second-order valence-corrected chi connectivity index (χ2v) is 8.66. The van der Waals surface area contributed by atoms with Crippen LogP contribution in [-0.2, 0) is 12.8 Å². The van der Waals surface area contributed by atoms with Crippen LogP contribution in [0.2, 0.25) is 0 Å². The first kappa shape index (κ1) is 19.8. The Balaban J connectivity index is 1.60. The van der Waals surface area contributed by atoms with Gasteiger partial charge in [0, 0.05) is 5.71 Å². The molecule has 1 N–H and O–H groups in total. The number of nitrogens with zero attached hydrogens (tertiary/aromatic N) is 1. The summed E-state index contributed by atoms with van der Waals surface area (Å²) in [7, 11) is 0. The van der Waals surface area contributed by atoms with Crippen LogP contribution in [0.5, 0.6) is 0 Å². The van der Waals surface area contributed by atoms with Gasteiger partial charge in [0.2, 0.25) is 0 Å². The minimum Gasteiger partial charge on any atom is -0.388 e. The zero-order valence-electron chi connectivity index (χ0n) is 17.3. The van der Waals surface area contributed by atoms with E-state index in [0.29, 0.717) is 0 Å². The molecule has 0 amide bonds. The van der Waals surface area contributed by atoms with Gasteiger partial charge in [-0.2, -0.15) is 0 Å². The van der Waals surface area contributed by atoms with Crippen molar-refractivity contribution in [3.8, 4) is 0 Å². The molecule has 1 aliphatic heterocycles. The number of aryl methyl sites for hydroxylation is 3. The summed E-state index contributed by atoms with van der Waals surface area (Å²) in [4.78, 5) is 4.79. The maximum absolute atomic E-state index is 10.7. The van der Waals surface area contributed by atoms with Crippen LogP contribution in [-0.4, -0.2) is 16.4 Å². The van der Waals surface area contributed by atoms with Gasteiger partial charge in [0.25, 0.3) is 0 Å². The second kappa shape index (κ2) is 8.39. The van der Waals surface area contributed by atoms with E-state index < -0.39 is 6.10 Å². The second-order valence-electron chi connectivity index (χ2n) is 8.66. The first-order chi connectivity index (χ1) is 12.8. The molecule has 3 rings (SSSR count). The van der Waals surface area contributed by atoms with Crippen LogP contribution >= 0.6 is 0 Å². The Morgan fingerprint density at radius 2 is 1.70 bits per heavy atom. The summed E-state index contributed by atoms with van der Waals surface area (Å²) in [6, 6.07) is 15.0. The van der Waals surface area contributed by atoms with E-state index in [2.05, 4.69) is 64.1 Å². The van der Waals surface area contributed by atoms with Crippen molar-refractivity contribution in [2.24, 2.45) is 4.99 Å². The standard InChI is InChI=1S/C25H33NO/c1-18-7-5-8-19(2)23(18)13-11-20-9-6-10-21(17-20)24(27)14-12-22-15-16-25(3,4)26-22/h5-10,17,24,27H,11-16H2,1-4H3. The smallest absolute Gasteiger partial charge is 0.0793 e. The van der Waals surface area contributed by atoms with E-state index >= 15 is 0 Å². The molecule has 2 aromatic rings. The van der Waals surface area contributed by atoms with E-state index in [1.165, 1.54) is 28.0 Å². The molecule has 0 spiro atoms. The quantitative estimate of drug-likeness (QED) is 0.651. The van der Waals surface area contributed by atoms with Crippen molar-refractivity contribution in [1.82, 2.24) is 0 Å². The van der Waals surface area contributed by atoms with Gasteiger partial charge in [-0.1, -0.05) is 42.5 Å². The van der Waals surface area contributed by atoms with Gasteiger partial charge in [-0.25, -0.2) is 0 Å². The van der Waals surface area contributed by atoms with Gasteiger partial charge in [-0.05, 0) is 94.0 Å². The first-order valence-corrected chi connectivity index (χ1v) is 10.2. The van der Waals surface area contributed by atoms with E-state index in [0.717, 1.165) is 44.1 Å². The average Bonchev–Trinajstić information content (AvgIpc) is 2.98. The molecule has 0 saturated heterocycles. The number of benzene rings is 2. The molecule has 2 aromatic carbocycles. The fourth-order valence-electron chi connectivity index (χ4n) is 4.11. The van der Waals surface area contributed by atoms with Crippen molar-refractivity contribution in [2.75, 3.05) is 0 Å². The molecule has 1 atom stereocenters. The molecule has 27 heavy (non-hydrogen) atoms. The molecule has 0 bridgehead atoms. The molecule has 0 aromatic heterocycles. The Bertz CT molecular complexity index is 799. The third kappa shape index (κ3) is 5.29. The lowest BCUT2D eigenvalue weighted by Gasteiger charge is -2.14. The summed E-state index contributed by atoms with van der Waals surface area (Å²) in [6.07, 6.45) is 5.52. The number of rotatable bonds is 7. The monoisotopic (exact) mass is 363 g/mol. The maximum Gasteiger partial charge on any atom is 0.0793 e. The Morgan fingerprint density at radius 3 is 2.37 bits per heavy atom. The third-order valence-corrected chi connectivity index (χ3v) is 5.84. The summed E-state index contributed by atoms with van der Waals surface area (Å²) in [5.41, 5.74) is 7.88. The van der Waals surface area contributed by atoms with E-state index in [1.807, 2.05) is 6.07 Å². The summed E-state index contributed by atoms with van der Waals surface area (Å²) in [6.45, 7) is 8.76. The van der Waals surface area contributed by atoms with Gasteiger partial charge in [0.15, 0.2) is 0 Å². The number of aliphatic hydroxyl groups excluding tert-OH is 1. The van der Waals surface area contributed by atoms with Crippen LogP contribution in [0.3, 0.4) is 0 Å². The number of aliphatic hydroxyl groups is 1. The van der Waals surface area contributed by atoms with Crippen LogP contribution in [0.4, 0.5) is 0 Å². The number of aliphatic imine (C=N–C) groups is 1.